The average molecular weight is 292 g/mol. The van der Waals surface area contributed by atoms with Gasteiger partial charge < -0.3 is 15.5 Å². The van der Waals surface area contributed by atoms with Crippen molar-refractivity contribution in [3.8, 4) is 0 Å². The minimum Gasteiger partial charge on any atom is -0.353 e. The Morgan fingerprint density at radius 3 is 2.68 bits per heavy atom. The van der Waals surface area contributed by atoms with Gasteiger partial charge in [-0.25, -0.2) is 4.99 Å². The van der Waals surface area contributed by atoms with Crippen LogP contribution in [0.4, 0.5) is 17.1 Å². The number of hydrogen-bond donors (Lipinski definition) is 2. The Morgan fingerprint density at radius 2 is 1.82 bits per heavy atom. The third-order valence-corrected chi connectivity index (χ3v) is 4.23. The van der Waals surface area contributed by atoms with E-state index in [0.717, 1.165) is 49.1 Å². The van der Waals surface area contributed by atoms with Gasteiger partial charge >= 0.3 is 0 Å². The second-order valence-corrected chi connectivity index (χ2v) is 5.86. The van der Waals surface area contributed by atoms with Gasteiger partial charge in [-0.1, -0.05) is 23.8 Å². The molecule has 4 rings (SSSR count). The monoisotopic (exact) mass is 292 g/mol. The predicted octanol–water partition coefficient (Wildman–Crippen LogP) is 3.04. The summed E-state index contributed by atoms with van der Waals surface area (Å²) in [5, 5.41) is 6.95. The van der Waals surface area contributed by atoms with Crippen LogP contribution in [0.5, 0.6) is 0 Å². The highest BCUT2D eigenvalue weighted by molar-refractivity contribution is 6.07. The summed E-state index contributed by atoms with van der Waals surface area (Å²) in [4.78, 5) is 7.38. The topological polar surface area (TPSA) is 39.7 Å². The molecule has 1 saturated heterocycles. The van der Waals surface area contributed by atoms with Gasteiger partial charge in [0, 0.05) is 37.4 Å². The number of aryl methyl sites for hydroxylation is 1. The molecular weight excluding hydrogens is 272 g/mol. The number of aliphatic imine (C=N–C) groups is 1. The van der Waals surface area contributed by atoms with E-state index in [9.17, 15) is 0 Å². The Hall–Kier alpha value is -2.33. The lowest BCUT2D eigenvalue weighted by Gasteiger charge is -2.30. The lowest BCUT2D eigenvalue weighted by molar-refractivity contribution is 0.358. The Morgan fingerprint density at radius 1 is 1.00 bits per heavy atom. The molecule has 1 fully saturated rings. The minimum absolute atomic E-state index is 0.994. The van der Waals surface area contributed by atoms with Crippen molar-refractivity contribution in [3.63, 3.8) is 0 Å². The van der Waals surface area contributed by atoms with E-state index in [-0.39, 0.29) is 0 Å². The highest BCUT2D eigenvalue weighted by Gasteiger charge is 2.22. The van der Waals surface area contributed by atoms with Crippen LogP contribution in [-0.2, 0) is 0 Å². The number of rotatable bonds is 0. The SMILES string of the molecule is Cc1ccc2c(c1)C(N1CCNCC1)=Nc1ccccc1N2. The number of fused-ring (bicyclic) bond motifs is 2. The Kier molecular flexibility index (Phi) is 3.31. The molecule has 0 amide bonds. The van der Waals surface area contributed by atoms with Crippen LogP contribution >= 0.6 is 0 Å². The van der Waals surface area contributed by atoms with Crippen molar-refractivity contribution >= 4 is 22.9 Å². The Balaban J connectivity index is 1.88. The first kappa shape index (κ1) is 13.3. The number of amidine groups is 1. The maximum atomic E-state index is 5.00. The molecule has 0 bridgehead atoms. The fraction of sp³-hybridized carbons (Fsp3) is 0.278. The summed E-state index contributed by atoms with van der Waals surface area (Å²) in [6.07, 6.45) is 0. The van der Waals surface area contributed by atoms with Crippen LogP contribution in [0.3, 0.4) is 0 Å². The molecule has 2 heterocycles. The normalized spacial score (nSPS) is 17.0. The first-order valence-electron chi connectivity index (χ1n) is 7.83. The summed E-state index contributed by atoms with van der Waals surface area (Å²) in [6.45, 7) is 6.14. The van der Waals surface area contributed by atoms with Crippen LogP contribution in [0, 0.1) is 6.92 Å². The van der Waals surface area contributed by atoms with Crippen LogP contribution in [0.2, 0.25) is 0 Å². The molecule has 0 spiro atoms. The molecule has 2 aromatic carbocycles. The highest BCUT2D eigenvalue weighted by atomic mass is 15.2. The van der Waals surface area contributed by atoms with E-state index in [1.165, 1.54) is 11.1 Å². The van der Waals surface area contributed by atoms with Gasteiger partial charge in [0.15, 0.2) is 0 Å². The number of piperazine rings is 1. The van der Waals surface area contributed by atoms with Crippen LogP contribution in [0.1, 0.15) is 11.1 Å². The summed E-state index contributed by atoms with van der Waals surface area (Å²) in [5.41, 5.74) is 5.66. The minimum atomic E-state index is 0.994. The van der Waals surface area contributed by atoms with Crippen LogP contribution < -0.4 is 10.6 Å². The van der Waals surface area contributed by atoms with Crippen molar-refractivity contribution in [3.05, 3.63) is 53.6 Å². The molecule has 0 aliphatic carbocycles. The lowest BCUT2D eigenvalue weighted by atomic mass is 10.1. The summed E-state index contributed by atoms with van der Waals surface area (Å²) in [7, 11) is 0. The number of hydrogen-bond acceptors (Lipinski definition) is 4. The van der Waals surface area contributed by atoms with Crippen molar-refractivity contribution in [2.45, 2.75) is 6.92 Å². The molecule has 0 atom stereocenters. The van der Waals surface area contributed by atoms with E-state index >= 15 is 0 Å². The van der Waals surface area contributed by atoms with Crippen LogP contribution in [0.25, 0.3) is 0 Å². The van der Waals surface area contributed by atoms with Crippen molar-refractivity contribution in [1.29, 1.82) is 0 Å². The van der Waals surface area contributed by atoms with Gasteiger partial charge in [0.25, 0.3) is 0 Å². The molecule has 0 saturated carbocycles. The van der Waals surface area contributed by atoms with Gasteiger partial charge in [-0.15, -0.1) is 0 Å². The van der Waals surface area contributed by atoms with E-state index in [4.69, 9.17) is 4.99 Å². The molecule has 22 heavy (non-hydrogen) atoms. The van der Waals surface area contributed by atoms with Gasteiger partial charge in [0.1, 0.15) is 5.84 Å². The van der Waals surface area contributed by atoms with Gasteiger partial charge in [0.05, 0.1) is 11.4 Å². The predicted molar refractivity (Wildman–Crippen MR) is 91.5 cm³/mol. The van der Waals surface area contributed by atoms with Crippen LogP contribution in [-0.4, -0.2) is 36.9 Å². The maximum Gasteiger partial charge on any atom is 0.138 e. The molecular formula is C18H20N4. The zero-order chi connectivity index (χ0) is 14.9. The highest BCUT2D eigenvalue weighted by Crippen LogP contribution is 2.34. The smallest absolute Gasteiger partial charge is 0.138 e. The van der Waals surface area contributed by atoms with E-state index in [0.29, 0.717) is 0 Å². The summed E-state index contributed by atoms with van der Waals surface area (Å²) >= 11 is 0. The van der Waals surface area contributed by atoms with Crippen molar-refractivity contribution in [2.75, 3.05) is 31.5 Å². The molecule has 0 aromatic heterocycles. The maximum absolute atomic E-state index is 5.00. The fourth-order valence-electron chi connectivity index (χ4n) is 3.07. The molecule has 4 heteroatoms. The summed E-state index contributed by atoms with van der Waals surface area (Å²) in [5.74, 6) is 1.08. The second kappa shape index (κ2) is 5.46. The average Bonchev–Trinajstić information content (AvgIpc) is 2.72. The molecule has 112 valence electrons. The van der Waals surface area contributed by atoms with Crippen molar-refractivity contribution in [1.82, 2.24) is 10.2 Å². The molecule has 2 aliphatic rings. The molecule has 2 N–H and O–H groups in total. The van der Waals surface area contributed by atoms with Gasteiger partial charge in [-0.05, 0) is 31.2 Å². The quantitative estimate of drug-likeness (QED) is 0.784. The first-order chi connectivity index (χ1) is 10.8. The van der Waals surface area contributed by atoms with E-state index < -0.39 is 0 Å². The standard InChI is InChI=1S/C18H20N4/c1-13-6-7-15-14(12-13)18(22-10-8-19-9-11-22)21-17-5-3-2-4-16(17)20-15/h2-7,12,19-20H,8-11H2,1H3. The van der Waals surface area contributed by atoms with Crippen LogP contribution in [0.15, 0.2) is 47.5 Å². The first-order valence-corrected chi connectivity index (χ1v) is 7.83. The Bertz CT molecular complexity index is 730. The van der Waals surface area contributed by atoms with Gasteiger partial charge in [0.2, 0.25) is 0 Å². The molecule has 4 nitrogen and oxygen atoms in total. The number of nitrogens with zero attached hydrogens (tertiary/aromatic N) is 2. The van der Waals surface area contributed by atoms with E-state index in [2.05, 4.69) is 52.8 Å². The number of para-hydroxylation sites is 2. The Labute approximate surface area is 130 Å². The molecule has 0 radical (unpaired) electrons. The van der Waals surface area contributed by atoms with Gasteiger partial charge in [-0.2, -0.15) is 0 Å². The lowest BCUT2D eigenvalue weighted by Crippen LogP contribution is -2.46. The zero-order valence-electron chi connectivity index (χ0n) is 12.8. The van der Waals surface area contributed by atoms with E-state index in [1.807, 2.05) is 12.1 Å². The molecule has 2 aliphatic heterocycles. The van der Waals surface area contributed by atoms with Gasteiger partial charge in [-0.3, -0.25) is 0 Å². The fourth-order valence-corrected chi connectivity index (χ4v) is 3.07. The number of benzene rings is 2. The summed E-state index contributed by atoms with van der Waals surface area (Å²) in [6, 6.07) is 14.8. The molecule has 2 aromatic rings. The number of anilines is 2. The second-order valence-electron chi connectivity index (χ2n) is 5.86. The third-order valence-electron chi connectivity index (χ3n) is 4.23. The number of nitrogens with one attached hydrogen (secondary N) is 2. The van der Waals surface area contributed by atoms with E-state index in [1.54, 1.807) is 0 Å². The largest absolute Gasteiger partial charge is 0.353 e. The zero-order valence-corrected chi connectivity index (χ0v) is 12.8. The summed E-state index contributed by atoms with van der Waals surface area (Å²) < 4.78 is 0. The molecule has 0 unspecified atom stereocenters. The van der Waals surface area contributed by atoms with Crippen molar-refractivity contribution in [2.24, 2.45) is 4.99 Å². The third kappa shape index (κ3) is 2.35. The van der Waals surface area contributed by atoms with Crippen molar-refractivity contribution < 1.29 is 0 Å².